The van der Waals surface area contributed by atoms with Gasteiger partial charge >= 0.3 is 0 Å². The second-order valence-electron chi connectivity index (χ2n) is 2.78. The highest BCUT2D eigenvalue weighted by Gasteiger charge is 2.06. The Labute approximate surface area is 86.2 Å². The average molecular weight is 218 g/mol. The summed E-state index contributed by atoms with van der Waals surface area (Å²) in [6.07, 6.45) is 3.56. The molecule has 0 saturated carbocycles. The largest absolute Gasteiger partial charge is 0.399 e. The monoisotopic (exact) mass is 217 g/mol. The maximum absolute atomic E-state index is 13.1. The summed E-state index contributed by atoms with van der Waals surface area (Å²) in [5.74, 6) is -0.893. The van der Waals surface area contributed by atoms with Crippen LogP contribution in [-0.4, -0.2) is 5.88 Å². The fraction of sp³-hybridized carbons (Fsp3) is 0.200. The molecule has 14 heavy (non-hydrogen) atoms. The first-order valence-electron chi connectivity index (χ1n) is 4.12. The van der Waals surface area contributed by atoms with Crippen molar-refractivity contribution in [2.75, 3.05) is 11.6 Å². The van der Waals surface area contributed by atoms with Crippen LogP contribution in [0.4, 0.5) is 14.5 Å². The van der Waals surface area contributed by atoms with E-state index >= 15 is 0 Å². The van der Waals surface area contributed by atoms with E-state index in [0.717, 1.165) is 12.1 Å². The highest BCUT2D eigenvalue weighted by Crippen LogP contribution is 2.18. The van der Waals surface area contributed by atoms with E-state index in [1.165, 1.54) is 6.08 Å². The molecule has 0 aliphatic rings. The number of anilines is 1. The maximum Gasteiger partial charge on any atom is 0.135 e. The molecule has 0 amide bonds. The molecule has 0 bridgehead atoms. The van der Waals surface area contributed by atoms with Crippen molar-refractivity contribution in [3.05, 3.63) is 35.4 Å². The van der Waals surface area contributed by atoms with Crippen molar-refractivity contribution in [3.8, 4) is 0 Å². The zero-order valence-corrected chi connectivity index (χ0v) is 8.19. The van der Waals surface area contributed by atoms with Crippen LogP contribution >= 0.6 is 11.6 Å². The molecular weight excluding hydrogens is 208 g/mol. The van der Waals surface area contributed by atoms with Gasteiger partial charge in [0, 0.05) is 17.1 Å². The molecule has 1 rings (SSSR count). The van der Waals surface area contributed by atoms with Crippen LogP contribution in [-0.2, 0) is 0 Å². The van der Waals surface area contributed by atoms with Crippen LogP contribution < -0.4 is 5.73 Å². The summed E-state index contributed by atoms with van der Waals surface area (Å²) in [7, 11) is 0. The van der Waals surface area contributed by atoms with Crippen molar-refractivity contribution in [1.29, 1.82) is 0 Å². The highest BCUT2D eigenvalue weighted by molar-refractivity contribution is 6.17. The maximum atomic E-state index is 13.1. The van der Waals surface area contributed by atoms with E-state index in [-0.39, 0.29) is 11.3 Å². The fourth-order valence-electron chi connectivity index (χ4n) is 1.03. The lowest BCUT2D eigenvalue weighted by atomic mass is 10.1. The number of nitrogen functional groups attached to an aromatic ring is 1. The summed E-state index contributed by atoms with van der Waals surface area (Å²) >= 11 is 5.41. The fourth-order valence-corrected chi connectivity index (χ4v) is 1.15. The number of benzene rings is 1. The van der Waals surface area contributed by atoms with Gasteiger partial charge in [0.1, 0.15) is 11.6 Å². The molecule has 1 nitrogen and oxygen atoms in total. The summed E-state index contributed by atoms with van der Waals surface area (Å²) in [6, 6.07) is 2.17. The van der Waals surface area contributed by atoms with Crippen LogP contribution in [0.3, 0.4) is 0 Å². The topological polar surface area (TPSA) is 26.0 Å². The molecule has 0 unspecified atom stereocenters. The van der Waals surface area contributed by atoms with Gasteiger partial charge in [-0.05, 0) is 18.6 Å². The minimum Gasteiger partial charge on any atom is -0.399 e. The molecule has 0 fully saturated rings. The molecule has 0 atom stereocenters. The molecule has 0 aliphatic carbocycles. The van der Waals surface area contributed by atoms with E-state index in [2.05, 4.69) is 0 Å². The molecule has 0 radical (unpaired) electrons. The number of hydrogen-bond donors (Lipinski definition) is 1. The van der Waals surface area contributed by atoms with E-state index in [0.29, 0.717) is 12.3 Å². The third kappa shape index (κ3) is 2.70. The van der Waals surface area contributed by atoms with E-state index in [1.54, 1.807) is 6.08 Å². The highest BCUT2D eigenvalue weighted by atomic mass is 35.5. The van der Waals surface area contributed by atoms with Gasteiger partial charge in [0.25, 0.3) is 0 Å². The first kappa shape index (κ1) is 11.0. The Morgan fingerprint density at radius 1 is 1.29 bits per heavy atom. The van der Waals surface area contributed by atoms with Gasteiger partial charge in [0.05, 0.1) is 0 Å². The Kier molecular flexibility index (Phi) is 3.89. The quantitative estimate of drug-likeness (QED) is 0.611. The van der Waals surface area contributed by atoms with Gasteiger partial charge in [-0.3, -0.25) is 0 Å². The Bertz CT molecular complexity index is 327. The Balaban J connectivity index is 2.96. The predicted octanol–water partition coefficient (Wildman–Crippen LogP) is 3.19. The van der Waals surface area contributed by atoms with Gasteiger partial charge in [-0.2, -0.15) is 0 Å². The van der Waals surface area contributed by atoms with Crippen molar-refractivity contribution in [2.24, 2.45) is 0 Å². The van der Waals surface area contributed by atoms with Gasteiger partial charge < -0.3 is 5.73 Å². The van der Waals surface area contributed by atoms with Crippen molar-refractivity contribution in [3.63, 3.8) is 0 Å². The van der Waals surface area contributed by atoms with Crippen LogP contribution in [0.2, 0.25) is 0 Å². The number of alkyl halides is 1. The third-order valence-electron chi connectivity index (χ3n) is 1.66. The molecule has 0 spiro atoms. The number of allylic oxidation sites excluding steroid dienone is 1. The minimum absolute atomic E-state index is 0.0782. The molecule has 0 saturated heterocycles. The molecule has 4 heteroatoms. The van der Waals surface area contributed by atoms with Crippen molar-refractivity contribution < 1.29 is 8.78 Å². The summed E-state index contributed by atoms with van der Waals surface area (Å²) in [6.45, 7) is 0. The lowest BCUT2D eigenvalue weighted by Crippen LogP contribution is -1.93. The normalized spacial score (nSPS) is 11.1. The third-order valence-corrected chi connectivity index (χ3v) is 1.88. The zero-order chi connectivity index (χ0) is 10.6. The zero-order valence-electron chi connectivity index (χ0n) is 7.43. The summed E-state index contributed by atoms with van der Waals surface area (Å²) in [5.41, 5.74) is 5.26. The minimum atomic E-state index is -0.659. The van der Waals surface area contributed by atoms with E-state index in [4.69, 9.17) is 17.3 Å². The van der Waals surface area contributed by atoms with Crippen LogP contribution in [0.5, 0.6) is 0 Å². The smallest absolute Gasteiger partial charge is 0.135 e. The van der Waals surface area contributed by atoms with Crippen molar-refractivity contribution in [2.45, 2.75) is 6.42 Å². The van der Waals surface area contributed by atoms with Crippen LogP contribution in [0.1, 0.15) is 12.0 Å². The second-order valence-corrected chi connectivity index (χ2v) is 3.16. The van der Waals surface area contributed by atoms with Crippen LogP contribution in [0, 0.1) is 11.6 Å². The van der Waals surface area contributed by atoms with Gasteiger partial charge in [0.15, 0.2) is 0 Å². The van der Waals surface area contributed by atoms with Gasteiger partial charge in [-0.25, -0.2) is 8.78 Å². The second kappa shape index (κ2) is 4.96. The number of rotatable bonds is 3. The van der Waals surface area contributed by atoms with Crippen molar-refractivity contribution in [1.82, 2.24) is 0 Å². The summed E-state index contributed by atoms with van der Waals surface area (Å²) in [5, 5.41) is 0. The molecule has 0 heterocycles. The number of halogens is 3. The molecule has 76 valence electrons. The first-order valence-corrected chi connectivity index (χ1v) is 4.65. The van der Waals surface area contributed by atoms with Crippen molar-refractivity contribution >= 4 is 23.4 Å². The van der Waals surface area contributed by atoms with E-state index in [1.807, 2.05) is 0 Å². The lowest BCUT2D eigenvalue weighted by molar-refractivity contribution is 0.580. The Hall–Kier alpha value is -1.09. The van der Waals surface area contributed by atoms with E-state index < -0.39 is 11.6 Å². The first-order chi connectivity index (χ1) is 6.65. The number of nitrogens with two attached hydrogens (primary N) is 1. The Morgan fingerprint density at radius 2 is 1.86 bits per heavy atom. The SMILES string of the molecule is Nc1cc(F)c(C=CCCCl)c(F)c1. The summed E-state index contributed by atoms with van der Waals surface area (Å²) < 4.78 is 26.3. The molecule has 1 aromatic carbocycles. The molecule has 2 N–H and O–H groups in total. The summed E-state index contributed by atoms with van der Waals surface area (Å²) in [4.78, 5) is 0. The molecule has 0 aromatic heterocycles. The standard InChI is InChI=1S/C10H10ClF2N/c11-4-2-1-3-8-9(12)5-7(14)6-10(8)13/h1,3,5-6H,2,4,14H2. The van der Waals surface area contributed by atoms with Gasteiger partial charge in [-0.15, -0.1) is 11.6 Å². The van der Waals surface area contributed by atoms with E-state index in [9.17, 15) is 8.78 Å². The predicted molar refractivity (Wildman–Crippen MR) is 55.1 cm³/mol. The van der Waals surface area contributed by atoms with Gasteiger partial charge in [0.2, 0.25) is 0 Å². The average Bonchev–Trinajstić information content (AvgIpc) is 2.09. The Morgan fingerprint density at radius 3 is 2.36 bits per heavy atom. The van der Waals surface area contributed by atoms with Crippen LogP contribution in [0.25, 0.3) is 6.08 Å². The lowest BCUT2D eigenvalue weighted by Gasteiger charge is -2.00. The molecule has 1 aromatic rings. The molecular formula is C10H10ClF2N. The van der Waals surface area contributed by atoms with Crippen LogP contribution in [0.15, 0.2) is 18.2 Å². The number of hydrogen-bond acceptors (Lipinski definition) is 1. The molecule has 0 aliphatic heterocycles. The van der Waals surface area contributed by atoms with Gasteiger partial charge in [-0.1, -0.05) is 12.2 Å².